The number of anilines is 2. The van der Waals surface area contributed by atoms with Crippen molar-refractivity contribution < 1.29 is 4.79 Å². The predicted molar refractivity (Wildman–Crippen MR) is 121 cm³/mol. The summed E-state index contributed by atoms with van der Waals surface area (Å²) < 4.78 is 1.58. The summed E-state index contributed by atoms with van der Waals surface area (Å²) in [5.74, 6) is -0.0307. The molecule has 30 heavy (non-hydrogen) atoms. The fourth-order valence-corrected chi connectivity index (χ4v) is 3.89. The molecule has 1 N–H and O–H groups in total. The lowest BCUT2D eigenvalue weighted by Gasteiger charge is -2.32. The molecule has 1 atom stereocenters. The smallest absolute Gasteiger partial charge is 0.269 e. The average Bonchev–Trinajstić information content (AvgIpc) is 2.69. The molecular formula is C23H33N5O2. The van der Waals surface area contributed by atoms with Crippen LogP contribution >= 0.6 is 0 Å². The Labute approximate surface area is 178 Å². The van der Waals surface area contributed by atoms with Gasteiger partial charge < -0.3 is 10.2 Å². The van der Waals surface area contributed by atoms with E-state index in [1.807, 2.05) is 37.9 Å². The van der Waals surface area contributed by atoms with Crippen molar-refractivity contribution >= 4 is 17.3 Å². The summed E-state index contributed by atoms with van der Waals surface area (Å²) >= 11 is 0. The zero-order valence-electron chi connectivity index (χ0n) is 18.7. The van der Waals surface area contributed by atoms with Gasteiger partial charge >= 0.3 is 0 Å². The quantitative estimate of drug-likeness (QED) is 0.791. The Balaban J connectivity index is 1.64. The normalized spacial score (nSPS) is 17.2. The molecule has 0 unspecified atom stereocenters. The average molecular weight is 412 g/mol. The third-order valence-corrected chi connectivity index (χ3v) is 5.84. The topological polar surface area (TPSA) is 70.5 Å². The van der Waals surface area contributed by atoms with E-state index in [1.54, 1.807) is 16.9 Å². The number of piperidine rings is 1. The largest absolute Gasteiger partial charge is 0.371 e. The van der Waals surface area contributed by atoms with Crippen molar-refractivity contribution in [1.29, 1.82) is 0 Å². The first-order valence-corrected chi connectivity index (χ1v) is 10.7. The number of amides is 1. The summed E-state index contributed by atoms with van der Waals surface area (Å²) in [6.07, 6.45) is 3.58. The molecule has 1 aromatic heterocycles. The Hall–Kier alpha value is -2.67. The van der Waals surface area contributed by atoms with E-state index in [9.17, 15) is 9.59 Å². The minimum Gasteiger partial charge on any atom is -0.371 e. The summed E-state index contributed by atoms with van der Waals surface area (Å²) in [4.78, 5) is 29.4. The molecule has 0 saturated carbocycles. The Bertz CT molecular complexity index is 953. The molecule has 1 aliphatic heterocycles. The van der Waals surface area contributed by atoms with Gasteiger partial charge in [0.15, 0.2) is 0 Å². The first-order chi connectivity index (χ1) is 14.2. The molecule has 0 aliphatic carbocycles. The minimum atomic E-state index is -0.0911. The Morgan fingerprint density at radius 1 is 1.30 bits per heavy atom. The van der Waals surface area contributed by atoms with Crippen LogP contribution in [0.4, 0.5) is 11.4 Å². The highest BCUT2D eigenvalue weighted by Crippen LogP contribution is 2.21. The van der Waals surface area contributed by atoms with Crippen molar-refractivity contribution in [2.75, 3.05) is 36.9 Å². The van der Waals surface area contributed by atoms with E-state index in [1.165, 1.54) is 5.56 Å². The Morgan fingerprint density at radius 2 is 2.07 bits per heavy atom. The summed E-state index contributed by atoms with van der Waals surface area (Å²) in [5.41, 5.74) is 3.82. The molecule has 0 bridgehead atoms. The minimum absolute atomic E-state index is 0.0152. The number of hydrogen-bond donors (Lipinski definition) is 1. The van der Waals surface area contributed by atoms with Gasteiger partial charge in [0.1, 0.15) is 0 Å². The van der Waals surface area contributed by atoms with Crippen molar-refractivity contribution in [3.8, 4) is 0 Å². The Morgan fingerprint density at radius 3 is 2.73 bits per heavy atom. The van der Waals surface area contributed by atoms with E-state index in [0.717, 1.165) is 36.3 Å². The second kappa shape index (κ2) is 9.43. The molecule has 1 saturated heterocycles. The maximum atomic E-state index is 12.7. The second-order valence-electron chi connectivity index (χ2n) is 8.60. The van der Waals surface area contributed by atoms with Gasteiger partial charge in [-0.25, -0.2) is 4.68 Å². The molecule has 0 radical (unpaired) electrons. The number of nitrogens with one attached hydrogen (secondary N) is 1. The van der Waals surface area contributed by atoms with Crippen LogP contribution in [0.5, 0.6) is 0 Å². The second-order valence-corrected chi connectivity index (χ2v) is 8.60. The maximum Gasteiger partial charge on any atom is 0.269 e. The predicted octanol–water partition coefficient (Wildman–Crippen LogP) is 2.98. The van der Waals surface area contributed by atoms with Crippen molar-refractivity contribution in [2.24, 2.45) is 0 Å². The number of likely N-dealkylation sites (tertiary alicyclic amines) is 1. The number of benzene rings is 1. The molecule has 162 valence electrons. The van der Waals surface area contributed by atoms with Gasteiger partial charge in [0, 0.05) is 31.4 Å². The van der Waals surface area contributed by atoms with E-state index in [0.29, 0.717) is 19.1 Å². The fourth-order valence-electron chi connectivity index (χ4n) is 3.89. The summed E-state index contributed by atoms with van der Waals surface area (Å²) in [6.45, 7) is 9.99. The van der Waals surface area contributed by atoms with E-state index in [2.05, 4.69) is 35.2 Å². The molecule has 7 nitrogen and oxygen atoms in total. The van der Waals surface area contributed by atoms with Crippen LogP contribution in [0.3, 0.4) is 0 Å². The Kier molecular flexibility index (Phi) is 6.92. The summed E-state index contributed by atoms with van der Waals surface area (Å²) in [7, 11) is 1.96. The number of aromatic nitrogens is 2. The standard InChI is InChI=1S/C23H33N5O2/c1-16(2)26(5)20-12-23(30)28(24-13-20)19-7-6-10-27(14-19)15-22(29)25-21-9-8-17(3)11-18(21)4/h8-9,11-13,16,19H,6-7,10,14-15H2,1-5H3,(H,25,29)/t19-/m1/s1. The molecule has 1 aromatic carbocycles. The van der Waals surface area contributed by atoms with Crippen LogP contribution in [0.25, 0.3) is 0 Å². The third-order valence-electron chi connectivity index (χ3n) is 5.84. The number of hydrogen-bond acceptors (Lipinski definition) is 5. The van der Waals surface area contributed by atoms with E-state index in [4.69, 9.17) is 0 Å². The summed E-state index contributed by atoms with van der Waals surface area (Å²) in [6, 6.07) is 7.93. The van der Waals surface area contributed by atoms with Crippen LogP contribution in [0.15, 0.2) is 35.3 Å². The molecular weight excluding hydrogens is 378 g/mol. The number of carbonyl (C=O) groups is 1. The highest BCUT2D eigenvalue weighted by Gasteiger charge is 2.24. The van der Waals surface area contributed by atoms with Crippen molar-refractivity contribution in [3.05, 3.63) is 51.9 Å². The lowest BCUT2D eigenvalue weighted by atomic mass is 10.1. The van der Waals surface area contributed by atoms with Crippen LogP contribution < -0.4 is 15.8 Å². The van der Waals surface area contributed by atoms with Crippen molar-refractivity contribution in [1.82, 2.24) is 14.7 Å². The monoisotopic (exact) mass is 411 g/mol. The van der Waals surface area contributed by atoms with E-state index in [-0.39, 0.29) is 17.5 Å². The zero-order chi connectivity index (χ0) is 21.8. The zero-order valence-corrected chi connectivity index (χ0v) is 18.7. The molecule has 1 aliphatic rings. The summed E-state index contributed by atoms with van der Waals surface area (Å²) in [5, 5.41) is 7.45. The van der Waals surface area contributed by atoms with Crippen LogP contribution in [0.1, 0.15) is 43.9 Å². The van der Waals surface area contributed by atoms with Crippen LogP contribution in [-0.4, -0.2) is 53.3 Å². The van der Waals surface area contributed by atoms with Crippen molar-refractivity contribution in [3.63, 3.8) is 0 Å². The first-order valence-electron chi connectivity index (χ1n) is 10.7. The van der Waals surface area contributed by atoms with Gasteiger partial charge in [-0.05, 0) is 58.7 Å². The lowest BCUT2D eigenvalue weighted by Crippen LogP contribution is -2.43. The van der Waals surface area contributed by atoms with Crippen LogP contribution in [0, 0.1) is 13.8 Å². The molecule has 2 heterocycles. The van der Waals surface area contributed by atoms with E-state index >= 15 is 0 Å². The van der Waals surface area contributed by atoms with Gasteiger partial charge in [0.25, 0.3) is 5.56 Å². The number of aryl methyl sites for hydroxylation is 2. The van der Waals surface area contributed by atoms with Gasteiger partial charge in [-0.3, -0.25) is 14.5 Å². The van der Waals surface area contributed by atoms with Crippen molar-refractivity contribution in [2.45, 2.75) is 52.6 Å². The van der Waals surface area contributed by atoms with Gasteiger partial charge in [-0.15, -0.1) is 0 Å². The molecule has 2 aromatic rings. The fraction of sp³-hybridized carbons (Fsp3) is 0.522. The molecule has 7 heteroatoms. The van der Waals surface area contributed by atoms with Gasteiger partial charge in [0.05, 0.1) is 24.5 Å². The molecule has 1 fully saturated rings. The van der Waals surface area contributed by atoms with Gasteiger partial charge in [0.2, 0.25) is 5.91 Å². The maximum absolute atomic E-state index is 12.7. The molecule has 3 rings (SSSR count). The van der Waals surface area contributed by atoms with Gasteiger partial charge in [-0.1, -0.05) is 17.7 Å². The SMILES string of the molecule is Cc1ccc(NC(=O)CN2CCC[C@@H](n3ncc(N(C)C(C)C)cc3=O)C2)c(C)c1. The van der Waals surface area contributed by atoms with Gasteiger partial charge in [-0.2, -0.15) is 5.10 Å². The lowest BCUT2D eigenvalue weighted by molar-refractivity contribution is -0.117. The third kappa shape index (κ3) is 5.27. The van der Waals surface area contributed by atoms with Crippen LogP contribution in [-0.2, 0) is 4.79 Å². The first kappa shape index (κ1) is 22.0. The highest BCUT2D eigenvalue weighted by molar-refractivity contribution is 5.93. The van der Waals surface area contributed by atoms with E-state index < -0.39 is 0 Å². The molecule has 1 amide bonds. The van der Waals surface area contributed by atoms with Crippen LogP contribution in [0.2, 0.25) is 0 Å². The number of nitrogens with zero attached hydrogens (tertiary/aromatic N) is 4. The number of carbonyl (C=O) groups excluding carboxylic acids is 1. The number of rotatable bonds is 6. The molecule has 0 spiro atoms. The highest BCUT2D eigenvalue weighted by atomic mass is 16.2.